The zero-order valence-corrected chi connectivity index (χ0v) is 16.1. The number of halogens is 1. The Morgan fingerprint density at radius 3 is 1.68 bits per heavy atom. The molecule has 10 nitrogen and oxygen atoms in total. The van der Waals surface area contributed by atoms with Crippen LogP contribution in [0, 0.1) is 0 Å². The second-order valence-corrected chi connectivity index (χ2v) is 9.84. The first-order valence-electron chi connectivity index (χ1n) is 7.04. The lowest BCUT2D eigenvalue weighted by Crippen LogP contribution is -2.17. The molecule has 0 bridgehead atoms. The van der Waals surface area contributed by atoms with Crippen molar-refractivity contribution in [1.82, 2.24) is 0 Å². The minimum absolute atomic E-state index is 0.0360. The van der Waals surface area contributed by atoms with Gasteiger partial charge < -0.3 is 14.6 Å². The fourth-order valence-corrected chi connectivity index (χ4v) is 2.01. The molecule has 0 spiro atoms. The zero-order chi connectivity index (χ0) is 19.7. The molecule has 2 rings (SSSR count). The third kappa shape index (κ3) is 16.3. The highest BCUT2D eigenvalue weighted by Gasteiger charge is 2.24. The Morgan fingerprint density at radius 2 is 1.44 bits per heavy atom. The Balaban J connectivity index is 0.000000382. The van der Waals surface area contributed by atoms with Gasteiger partial charge in [-0.25, -0.2) is 8.42 Å². The molecular weight excluding hydrogens is 404 g/mol. The maximum Gasteiger partial charge on any atom is 0.306 e. The lowest BCUT2D eigenvalue weighted by atomic mass is 10.2. The summed E-state index contributed by atoms with van der Waals surface area (Å²) in [6, 6.07) is 0. The number of esters is 2. The number of hydrogen-bond donors (Lipinski definition) is 1. The fourth-order valence-electron chi connectivity index (χ4n) is 1.61. The molecular formula is C12H21ClO10S2. The van der Waals surface area contributed by atoms with Gasteiger partial charge in [-0.2, -0.15) is 8.42 Å². The maximum atomic E-state index is 10.6. The molecule has 25 heavy (non-hydrogen) atoms. The SMILES string of the molecule is CS(=O)(=O)Cl.CS(=O)(=O)OC[C@H]1CCC(=O)O1.O=C1CC[C@H](CO)O1. The highest BCUT2D eigenvalue weighted by molar-refractivity contribution is 8.13. The van der Waals surface area contributed by atoms with Crippen molar-refractivity contribution in [3.63, 3.8) is 0 Å². The summed E-state index contributed by atoms with van der Waals surface area (Å²) >= 11 is 0. The molecule has 2 heterocycles. The van der Waals surface area contributed by atoms with Crippen molar-refractivity contribution in [2.24, 2.45) is 0 Å². The van der Waals surface area contributed by atoms with E-state index in [0.717, 1.165) is 12.5 Å². The van der Waals surface area contributed by atoms with Crippen molar-refractivity contribution in [1.29, 1.82) is 0 Å². The van der Waals surface area contributed by atoms with Crippen LogP contribution in [0.5, 0.6) is 0 Å². The Labute approximate surface area is 150 Å². The summed E-state index contributed by atoms with van der Waals surface area (Å²) in [7, 11) is -2.11. The smallest absolute Gasteiger partial charge is 0.306 e. The predicted octanol–water partition coefficient (Wildman–Crippen LogP) is -0.463. The summed E-state index contributed by atoms with van der Waals surface area (Å²) in [6.07, 6.45) is 3.29. The fraction of sp³-hybridized carbons (Fsp3) is 0.833. The van der Waals surface area contributed by atoms with E-state index in [4.69, 9.17) is 9.84 Å². The minimum Gasteiger partial charge on any atom is -0.460 e. The molecule has 0 amide bonds. The topological polar surface area (TPSA) is 150 Å². The van der Waals surface area contributed by atoms with Crippen LogP contribution in [0.3, 0.4) is 0 Å². The first-order valence-corrected chi connectivity index (χ1v) is 11.6. The molecule has 2 fully saturated rings. The predicted molar refractivity (Wildman–Crippen MR) is 86.8 cm³/mol. The zero-order valence-electron chi connectivity index (χ0n) is 13.7. The van der Waals surface area contributed by atoms with Crippen molar-refractivity contribution in [2.45, 2.75) is 37.9 Å². The second-order valence-electron chi connectivity index (χ2n) is 5.15. The normalized spacial score (nSPS) is 22.9. The quantitative estimate of drug-likeness (QED) is 0.356. The summed E-state index contributed by atoms with van der Waals surface area (Å²) in [5, 5.41) is 8.41. The third-order valence-electron chi connectivity index (χ3n) is 2.61. The number of hydrogen-bond acceptors (Lipinski definition) is 10. The van der Waals surface area contributed by atoms with E-state index >= 15 is 0 Å². The lowest BCUT2D eigenvalue weighted by molar-refractivity contribution is -0.143. The van der Waals surface area contributed by atoms with Gasteiger partial charge in [-0.15, -0.1) is 0 Å². The van der Waals surface area contributed by atoms with Crippen LogP contribution >= 0.6 is 10.7 Å². The van der Waals surface area contributed by atoms with Crippen molar-refractivity contribution >= 4 is 41.8 Å². The van der Waals surface area contributed by atoms with Crippen LogP contribution in [-0.2, 0) is 42.4 Å². The summed E-state index contributed by atoms with van der Waals surface area (Å²) in [6.45, 7) is -0.101. The van der Waals surface area contributed by atoms with Crippen LogP contribution in [0.15, 0.2) is 0 Å². The largest absolute Gasteiger partial charge is 0.460 e. The van der Waals surface area contributed by atoms with Gasteiger partial charge in [0.2, 0.25) is 9.05 Å². The number of aliphatic hydroxyl groups is 1. The van der Waals surface area contributed by atoms with Crippen LogP contribution in [0.1, 0.15) is 25.7 Å². The molecule has 2 atom stereocenters. The Morgan fingerprint density at radius 1 is 1.04 bits per heavy atom. The van der Waals surface area contributed by atoms with Crippen LogP contribution in [-0.4, -0.2) is 71.8 Å². The number of carbonyl (C=O) groups is 2. The average molecular weight is 425 g/mol. The maximum absolute atomic E-state index is 10.6. The van der Waals surface area contributed by atoms with Gasteiger partial charge in [-0.3, -0.25) is 13.8 Å². The molecule has 2 aliphatic rings. The lowest BCUT2D eigenvalue weighted by Gasteiger charge is -2.07. The third-order valence-corrected chi connectivity index (χ3v) is 3.17. The van der Waals surface area contributed by atoms with E-state index in [9.17, 15) is 26.4 Å². The number of carbonyl (C=O) groups excluding carboxylic acids is 2. The molecule has 0 aromatic rings. The molecule has 0 radical (unpaired) electrons. The summed E-state index contributed by atoms with van der Waals surface area (Å²) in [5.74, 6) is -0.485. The molecule has 0 unspecified atom stereocenters. The van der Waals surface area contributed by atoms with Gasteiger partial charge in [0.05, 0.1) is 19.1 Å². The molecule has 0 aromatic carbocycles. The van der Waals surface area contributed by atoms with Crippen LogP contribution in [0.25, 0.3) is 0 Å². The molecule has 0 aromatic heterocycles. The molecule has 2 aliphatic heterocycles. The van der Waals surface area contributed by atoms with Crippen molar-refractivity contribution in [2.75, 3.05) is 25.7 Å². The van der Waals surface area contributed by atoms with Crippen molar-refractivity contribution in [3.05, 3.63) is 0 Å². The number of cyclic esters (lactones) is 2. The van der Waals surface area contributed by atoms with Gasteiger partial charge in [0, 0.05) is 23.5 Å². The van der Waals surface area contributed by atoms with Crippen molar-refractivity contribution < 1.29 is 45.2 Å². The van der Waals surface area contributed by atoms with Gasteiger partial charge in [-0.05, 0) is 12.8 Å². The first kappa shape index (κ1) is 24.1. The second kappa shape index (κ2) is 10.9. The number of rotatable bonds is 4. The van der Waals surface area contributed by atoms with E-state index in [1.54, 1.807) is 0 Å². The molecule has 1 N–H and O–H groups in total. The average Bonchev–Trinajstić information content (AvgIpc) is 3.03. The van der Waals surface area contributed by atoms with E-state index in [0.29, 0.717) is 25.7 Å². The van der Waals surface area contributed by atoms with Crippen LogP contribution < -0.4 is 0 Å². The Hall–Kier alpha value is -0.950. The van der Waals surface area contributed by atoms with Gasteiger partial charge in [-0.1, -0.05) is 0 Å². The Bertz CT molecular complexity index is 635. The summed E-state index contributed by atoms with van der Waals surface area (Å²) in [5.41, 5.74) is 0. The highest BCUT2D eigenvalue weighted by Crippen LogP contribution is 2.14. The highest BCUT2D eigenvalue weighted by atomic mass is 35.7. The van der Waals surface area contributed by atoms with E-state index < -0.39 is 25.3 Å². The Kier molecular flexibility index (Phi) is 10.5. The van der Waals surface area contributed by atoms with Gasteiger partial charge in [0.15, 0.2) is 0 Å². The van der Waals surface area contributed by atoms with Crippen LogP contribution in [0.2, 0.25) is 0 Å². The molecule has 0 aliphatic carbocycles. The van der Waals surface area contributed by atoms with Crippen LogP contribution in [0.4, 0.5) is 0 Å². The van der Waals surface area contributed by atoms with Gasteiger partial charge in [0.25, 0.3) is 10.1 Å². The standard InChI is InChI=1S/C6H10O5S.C5H8O3.CH3ClO2S/c1-12(8,9)10-4-5-2-3-6(7)11-5;6-3-4-1-2-5(7)8-4;1-5(2,3)4/h5H,2-4H2,1H3;4,6H,1-3H2;1H3/t5-;4-;/m11./s1. The van der Waals surface area contributed by atoms with E-state index in [-0.39, 0.29) is 31.3 Å². The van der Waals surface area contributed by atoms with E-state index in [1.807, 2.05) is 0 Å². The summed E-state index contributed by atoms with van der Waals surface area (Å²) in [4.78, 5) is 20.8. The van der Waals surface area contributed by atoms with E-state index in [1.165, 1.54) is 0 Å². The first-order chi connectivity index (χ1) is 11.3. The van der Waals surface area contributed by atoms with E-state index in [2.05, 4.69) is 19.6 Å². The number of ether oxygens (including phenoxy) is 2. The number of aliphatic hydroxyl groups excluding tert-OH is 1. The monoisotopic (exact) mass is 424 g/mol. The molecule has 2 saturated heterocycles. The minimum atomic E-state index is -3.42. The van der Waals surface area contributed by atoms with Gasteiger partial charge in [0.1, 0.15) is 18.8 Å². The summed E-state index contributed by atoms with van der Waals surface area (Å²) < 4.78 is 53.6. The molecule has 13 heteroatoms. The molecule has 148 valence electrons. The van der Waals surface area contributed by atoms with Gasteiger partial charge >= 0.3 is 11.9 Å². The molecule has 0 saturated carbocycles. The van der Waals surface area contributed by atoms with Crippen molar-refractivity contribution in [3.8, 4) is 0 Å².